The smallest absolute Gasteiger partial charge is 0.391 e. The summed E-state index contributed by atoms with van der Waals surface area (Å²) in [7, 11) is 0. The maximum absolute atomic E-state index is 11.8. The summed E-state index contributed by atoms with van der Waals surface area (Å²) in [6.45, 7) is 0.867. The van der Waals surface area contributed by atoms with Crippen molar-refractivity contribution in [3.63, 3.8) is 0 Å². The highest BCUT2D eigenvalue weighted by molar-refractivity contribution is 5.94. The van der Waals surface area contributed by atoms with Crippen molar-refractivity contribution < 1.29 is 22.7 Å². The summed E-state index contributed by atoms with van der Waals surface area (Å²) in [5.41, 5.74) is 7.42. The van der Waals surface area contributed by atoms with Crippen LogP contribution >= 0.6 is 0 Å². The van der Waals surface area contributed by atoms with Gasteiger partial charge < -0.3 is 15.8 Å². The fourth-order valence-corrected chi connectivity index (χ4v) is 1.34. The Labute approximate surface area is 108 Å². The predicted molar refractivity (Wildman–Crippen MR) is 65.7 cm³/mol. The van der Waals surface area contributed by atoms with E-state index in [1.807, 2.05) is 6.92 Å². The number of benzene rings is 1. The van der Waals surface area contributed by atoms with Crippen LogP contribution in [0.3, 0.4) is 0 Å². The summed E-state index contributed by atoms with van der Waals surface area (Å²) in [4.78, 5) is 11.4. The topological polar surface area (TPSA) is 64.3 Å². The Balaban J connectivity index is 2.35. The molecule has 106 valence electrons. The van der Waals surface area contributed by atoms with Gasteiger partial charge in [0.1, 0.15) is 6.61 Å². The van der Waals surface area contributed by atoms with E-state index in [9.17, 15) is 18.0 Å². The monoisotopic (exact) mass is 276 g/mol. The van der Waals surface area contributed by atoms with Gasteiger partial charge in [-0.2, -0.15) is 13.2 Å². The minimum absolute atomic E-state index is 0.392. The first-order valence-electron chi connectivity index (χ1n) is 5.58. The molecular weight excluding hydrogens is 261 g/mol. The first-order valence-corrected chi connectivity index (χ1v) is 5.58. The van der Waals surface area contributed by atoms with Gasteiger partial charge in [0.15, 0.2) is 0 Å². The van der Waals surface area contributed by atoms with Crippen LogP contribution in [0.15, 0.2) is 18.2 Å². The van der Waals surface area contributed by atoms with Crippen molar-refractivity contribution >= 4 is 17.3 Å². The number of anilines is 2. The molecule has 1 rings (SSSR count). The molecule has 1 amide bonds. The molecule has 4 nitrogen and oxygen atoms in total. The molecule has 0 aliphatic rings. The van der Waals surface area contributed by atoms with Crippen molar-refractivity contribution in [1.82, 2.24) is 0 Å². The summed E-state index contributed by atoms with van der Waals surface area (Å²) >= 11 is 0. The summed E-state index contributed by atoms with van der Waals surface area (Å²) in [5, 5.41) is 2.46. The Bertz CT molecular complexity index is 447. The molecule has 0 radical (unpaired) electrons. The lowest BCUT2D eigenvalue weighted by atomic mass is 10.2. The zero-order valence-corrected chi connectivity index (χ0v) is 10.4. The van der Waals surface area contributed by atoms with Crippen LogP contribution in [0.4, 0.5) is 24.5 Å². The highest BCUT2D eigenvalue weighted by Crippen LogP contribution is 2.20. The van der Waals surface area contributed by atoms with Crippen molar-refractivity contribution in [2.24, 2.45) is 0 Å². The lowest BCUT2D eigenvalue weighted by Gasteiger charge is -2.10. The molecule has 0 heterocycles. The van der Waals surface area contributed by atoms with Gasteiger partial charge in [-0.3, -0.25) is 4.79 Å². The minimum atomic E-state index is -4.28. The van der Waals surface area contributed by atoms with E-state index in [0.717, 1.165) is 5.56 Å². The molecule has 1 aromatic carbocycles. The third-order valence-electron chi connectivity index (χ3n) is 2.24. The van der Waals surface area contributed by atoms with Gasteiger partial charge in [-0.15, -0.1) is 0 Å². The summed E-state index contributed by atoms with van der Waals surface area (Å²) in [6.07, 6.45) is -5.36. The van der Waals surface area contributed by atoms with Crippen LogP contribution in [-0.2, 0) is 9.53 Å². The molecule has 0 aliphatic heterocycles. The van der Waals surface area contributed by atoms with E-state index in [1.165, 1.54) is 0 Å². The molecule has 0 bridgehead atoms. The van der Waals surface area contributed by atoms with Gasteiger partial charge in [-0.25, -0.2) is 0 Å². The predicted octanol–water partition coefficient (Wildman–Crippen LogP) is 2.48. The summed E-state index contributed by atoms with van der Waals surface area (Å²) < 4.78 is 40.1. The third-order valence-corrected chi connectivity index (χ3v) is 2.24. The van der Waals surface area contributed by atoms with Crippen molar-refractivity contribution in [3.05, 3.63) is 23.8 Å². The second kappa shape index (κ2) is 6.42. The molecule has 7 heteroatoms. The number of alkyl halides is 3. The number of nitrogen functional groups attached to an aromatic ring is 1. The molecule has 0 spiro atoms. The van der Waals surface area contributed by atoms with Gasteiger partial charge in [0, 0.05) is 0 Å². The van der Waals surface area contributed by atoms with Crippen LogP contribution in [0.1, 0.15) is 12.0 Å². The molecule has 3 N–H and O–H groups in total. The molecule has 0 unspecified atom stereocenters. The molecule has 0 saturated carbocycles. The zero-order valence-electron chi connectivity index (χ0n) is 10.4. The normalized spacial score (nSPS) is 11.4. The first-order chi connectivity index (χ1) is 8.78. The van der Waals surface area contributed by atoms with Crippen LogP contribution in [-0.4, -0.2) is 25.3 Å². The van der Waals surface area contributed by atoms with Crippen LogP contribution in [0.5, 0.6) is 0 Å². The van der Waals surface area contributed by atoms with Gasteiger partial charge in [-0.05, 0) is 24.6 Å². The molecule has 0 aliphatic carbocycles. The van der Waals surface area contributed by atoms with Crippen molar-refractivity contribution in [3.8, 4) is 0 Å². The van der Waals surface area contributed by atoms with Crippen LogP contribution in [0.2, 0.25) is 0 Å². The van der Waals surface area contributed by atoms with E-state index >= 15 is 0 Å². The van der Waals surface area contributed by atoms with E-state index in [2.05, 4.69) is 10.1 Å². The standard InChI is InChI=1S/C12H15F3N2O2/c1-8-2-3-10(9(16)6-8)17-11(18)7-19-5-4-12(13,14)15/h2-3,6H,4-5,7,16H2,1H3,(H,17,18). The number of amides is 1. The first kappa shape index (κ1) is 15.3. The van der Waals surface area contributed by atoms with Crippen LogP contribution in [0, 0.1) is 6.92 Å². The maximum Gasteiger partial charge on any atom is 0.391 e. The van der Waals surface area contributed by atoms with Crippen LogP contribution < -0.4 is 11.1 Å². The number of carbonyl (C=O) groups excluding carboxylic acids is 1. The highest BCUT2D eigenvalue weighted by atomic mass is 19.4. The van der Waals surface area contributed by atoms with E-state index in [1.54, 1.807) is 18.2 Å². The molecular formula is C12H15F3N2O2. The third kappa shape index (κ3) is 6.10. The number of halogens is 3. The molecule has 19 heavy (non-hydrogen) atoms. The van der Waals surface area contributed by atoms with Gasteiger partial charge in [0.05, 0.1) is 24.4 Å². The molecule has 0 aromatic heterocycles. The maximum atomic E-state index is 11.8. The van der Waals surface area contributed by atoms with E-state index in [0.29, 0.717) is 11.4 Å². The Morgan fingerprint density at radius 2 is 2.11 bits per heavy atom. The summed E-state index contributed by atoms with van der Waals surface area (Å²) in [6, 6.07) is 5.06. The van der Waals surface area contributed by atoms with Crippen LogP contribution in [0.25, 0.3) is 0 Å². The largest absolute Gasteiger partial charge is 0.397 e. The fraction of sp³-hybridized carbons (Fsp3) is 0.417. The minimum Gasteiger partial charge on any atom is -0.397 e. The Hall–Kier alpha value is -1.76. The second-order valence-electron chi connectivity index (χ2n) is 4.06. The number of aryl methyl sites for hydroxylation is 1. The highest BCUT2D eigenvalue weighted by Gasteiger charge is 2.26. The van der Waals surface area contributed by atoms with E-state index in [4.69, 9.17) is 5.73 Å². The SMILES string of the molecule is Cc1ccc(NC(=O)COCCC(F)(F)F)c(N)c1. The Morgan fingerprint density at radius 3 is 2.68 bits per heavy atom. The Kier molecular flexibility index (Phi) is 5.17. The Morgan fingerprint density at radius 1 is 1.42 bits per heavy atom. The molecule has 0 atom stereocenters. The van der Waals surface area contributed by atoms with Crippen molar-refractivity contribution in [2.45, 2.75) is 19.5 Å². The number of rotatable bonds is 5. The van der Waals surface area contributed by atoms with Gasteiger partial charge in [0.2, 0.25) is 5.91 Å². The number of ether oxygens (including phenoxy) is 1. The lowest BCUT2D eigenvalue weighted by molar-refractivity contribution is -0.147. The summed E-state index contributed by atoms with van der Waals surface area (Å²) in [5.74, 6) is -0.544. The average Bonchev–Trinajstić information content (AvgIpc) is 2.27. The number of hydrogen-bond acceptors (Lipinski definition) is 3. The fourth-order valence-electron chi connectivity index (χ4n) is 1.34. The van der Waals surface area contributed by atoms with Crippen molar-refractivity contribution in [2.75, 3.05) is 24.3 Å². The van der Waals surface area contributed by atoms with Gasteiger partial charge >= 0.3 is 6.18 Å². The number of hydrogen-bond donors (Lipinski definition) is 2. The second-order valence-corrected chi connectivity index (χ2v) is 4.06. The van der Waals surface area contributed by atoms with Gasteiger partial charge in [-0.1, -0.05) is 6.07 Å². The van der Waals surface area contributed by atoms with E-state index < -0.39 is 31.7 Å². The zero-order chi connectivity index (χ0) is 14.5. The molecule has 0 fully saturated rings. The average molecular weight is 276 g/mol. The number of nitrogens with one attached hydrogen (secondary N) is 1. The quantitative estimate of drug-likeness (QED) is 0.641. The van der Waals surface area contributed by atoms with Gasteiger partial charge in [0.25, 0.3) is 0 Å². The van der Waals surface area contributed by atoms with E-state index in [-0.39, 0.29) is 0 Å². The lowest BCUT2D eigenvalue weighted by Crippen LogP contribution is -2.21. The molecule has 1 aromatic rings. The number of carbonyl (C=O) groups is 1. The molecule has 0 saturated heterocycles. The van der Waals surface area contributed by atoms with Crippen molar-refractivity contribution in [1.29, 1.82) is 0 Å². The number of nitrogens with two attached hydrogens (primary N) is 1.